The Bertz CT molecular complexity index is 968. The second kappa shape index (κ2) is 7.64. The van der Waals surface area contributed by atoms with Crippen LogP contribution in [0.5, 0.6) is 0 Å². The maximum atomic E-state index is 13.0. The first kappa shape index (κ1) is 19.1. The lowest BCUT2D eigenvalue weighted by atomic mass is 10.1. The SMILES string of the molecule is Cc1nc(-c2ccccc2)ccc1C(=O)N1CCN(C2CCS(=O)(=O)C2)CC1. The number of rotatable bonds is 3. The first-order chi connectivity index (χ1) is 13.4. The fraction of sp³-hybridized carbons (Fsp3) is 0.429. The van der Waals surface area contributed by atoms with E-state index < -0.39 is 9.84 Å². The van der Waals surface area contributed by atoms with Gasteiger partial charge < -0.3 is 4.90 Å². The van der Waals surface area contributed by atoms with Crippen LogP contribution in [0.25, 0.3) is 11.3 Å². The maximum Gasteiger partial charge on any atom is 0.255 e. The predicted molar refractivity (Wildman–Crippen MR) is 109 cm³/mol. The van der Waals surface area contributed by atoms with Gasteiger partial charge in [0.25, 0.3) is 5.91 Å². The Balaban J connectivity index is 1.41. The van der Waals surface area contributed by atoms with Gasteiger partial charge in [0.2, 0.25) is 0 Å². The highest BCUT2D eigenvalue weighted by Crippen LogP contribution is 2.22. The average Bonchev–Trinajstić information content (AvgIpc) is 3.08. The van der Waals surface area contributed by atoms with Gasteiger partial charge in [-0.25, -0.2) is 8.42 Å². The largest absolute Gasteiger partial charge is 0.336 e. The van der Waals surface area contributed by atoms with Crippen molar-refractivity contribution in [1.29, 1.82) is 0 Å². The van der Waals surface area contributed by atoms with Crippen molar-refractivity contribution in [3.8, 4) is 11.3 Å². The molecule has 7 heteroatoms. The summed E-state index contributed by atoms with van der Waals surface area (Å²) in [4.78, 5) is 21.7. The van der Waals surface area contributed by atoms with Crippen LogP contribution in [-0.2, 0) is 9.84 Å². The van der Waals surface area contributed by atoms with Crippen molar-refractivity contribution in [3.63, 3.8) is 0 Å². The number of hydrogen-bond donors (Lipinski definition) is 0. The summed E-state index contributed by atoms with van der Waals surface area (Å²) in [6.45, 7) is 4.56. The number of piperazine rings is 1. The molecular formula is C21H25N3O3S. The van der Waals surface area contributed by atoms with Crippen molar-refractivity contribution in [2.45, 2.75) is 19.4 Å². The number of nitrogens with zero attached hydrogens (tertiary/aromatic N) is 3. The van der Waals surface area contributed by atoms with E-state index in [0.29, 0.717) is 25.1 Å². The van der Waals surface area contributed by atoms with Crippen LogP contribution in [-0.4, -0.2) is 72.8 Å². The monoisotopic (exact) mass is 399 g/mol. The summed E-state index contributed by atoms with van der Waals surface area (Å²) in [5.74, 6) is 0.545. The van der Waals surface area contributed by atoms with Gasteiger partial charge in [0.05, 0.1) is 28.5 Å². The van der Waals surface area contributed by atoms with Crippen LogP contribution in [0.3, 0.4) is 0 Å². The highest BCUT2D eigenvalue weighted by atomic mass is 32.2. The molecule has 0 spiro atoms. The van der Waals surface area contributed by atoms with Crippen LogP contribution in [0.4, 0.5) is 0 Å². The number of hydrogen-bond acceptors (Lipinski definition) is 5. The zero-order chi connectivity index (χ0) is 19.7. The van der Waals surface area contributed by atoms with Crippen LogP contribution in [0.15, 0.2) is 42.5 Å². The molecule has 2 saturated heterocycles. The number of carbonyl (C=O) groups is 1. The van der Waals surface area contributed by atoms with E-state index in [2.05, 4.69) is 9.88 Å². The molecule has 0 N–H and O–H groups in total. The maximum absolute atomic E-state index is 13.0. The van der Waals surface area contributed by atoms with Crippen LogP contribution in [0, 0.1) is 6.92 Å². The van der Waals surface area contributed by atoms with E-state index in [-0.39, 0.29) is 23.5 Å². The molecule has 2 aliphatic rings. The van der Waals surface area contributed by atoms with E-state index in [1.54, 1.807) is 0 Å². The minimum absolute atomic E-state index is 0.00306. The Hall–Kier alpha value is -2.25. The van der Waals surface area contributed by atoms with Gasteiger partial charge in [-0.2, -0.15) is 0 Å². The van der Waals surface area contributed by atoms with Crippen LogP contribution >= 0.6 is 0 Å². The molecule has 1 aromatic carbocycles. The minimum Gasteiger partial charge on any atom is -0.336 e. The summed E-state index contributed by atoms with van der Waals surface area (Å²) in [6.07, 6.45) is 0.709. The summed E-state index contributed by atoms with van der Waals surface area (Å²) >= 11 is 0. The predicted octanol–water partition coefficient (Wildman–Crippen LogP) is 2.00. The lowest BCUT2D eigenvalue weighted by molar-refractivity contribution is 0.0586. The molecule has 4 rings (SSSR count). The third kappa shape index (κ3) is 3.95. The second-order valence-corrected chi connectivity index (χ2v) is 9.81. The number of amides is 1. The average molecular weight is 400 g/mol. The quantitative estimate of drug-likeness (QED) is 0.790. The van der Waals surface area contributed by atoms with Gasteiger partial charge in [0, 0.05) is 37.8 Å². The Morgan fingerprint density at radius 3 is 2.36 bits per heavy atom. The van der Waals surface area contributed by atoms with E-state index >= 15 is 0 Å². The first-order valence-corrected chi connectivity index (χ1v) is 11.5. The number of sulfone groups is 1. The normalized spacial score (nSPS) is 22.3. The third-order valence-electron chi connectivity index (χ3n) is 5.71. The van der Waals surface area contributed by atoms with Crippen molar-refractivity contribution in [2.75, 3.05) is 37.7 Å². The molecule has 6 nitrogen and oxygen atoms in total. The Morgan fingerprint density at radius 1 is 1.04 bits per heavy atom. The molecule has 28 heavy (non-hydrogen) atoms. The van der Waals surface area contributed by atoms with Gasteiger partial charge in [0.15, 0.2) is 9.84 Å². The number of aromatic nitrogens is 1. The van der Waals surface area contributed by atoms with Crippen molar-refractivity contribution in [1.82, 2.24) is 14.8 Å². The van der Waals surface area contributed by atoms with E-state index in [1.807, 2.05) is 54.3 Å². The molecular weight excluding hydrogens is 374 g/mol. The molecule has 1 aromatic heterocycles. The van der Waals surface area contributed by atoms with Crippen molar-refractivity contribution in [3.05, 3.63) is 53.7 Å². The summed E-state index contributed by atoms with van der Waals surface area (Å²) in [7, 11) is -2.88. The third-order valence-corrected chi connectivity index (χ3v) is 7.46. The first-order valence-electron chi connectivity index (χ1n) is 9.70. The van der Waals surface area contributed by atoms with Crippen LogP contribution in [0.2, 0.25) is 0 Å². The summed E-state index contributed by atoms with van der Waals surface area (Å²) in [5, 5.41) is 0. The van der Waals surface area contributed by atoms with E-state index in [4.69, 9.17) is 0 Å². The molecule has 2 fully saturated rings. The molecule has 1 atom stereocenters. The molecule has 3 heterocycles. The summed E-state index contributed by atoms with van der Waals surface area (Å²) in [6, 6.07) is 13.8. The summed E-state index contributed by atoms with van der Waals surface area (Å²) in [5.41, 5.74) is 3.26. The number of pyridine rings is 1. The zero-order valence-corrected chi connectivity index (χ0v) is 16.9. The molecule has 0 aliphatic carbocycles. The standard InChI is InChI=1S/C21H25N3O3S/c1-16-19(7-8-20(22-16)17-5-3-2-4-6-17)21(25)24-12-10-23(11-13-24)18-9-14-28(26,27)15-18/h2-8,18H,9-15H2,1H3. The smallest absolute Gasteiger partial charge is 0.255 e. The molecule has 0 radical (unpaired) electrons. The van der Waals surface area contributed by atoms with Gasteiger partial charge in [-0.05, 0) is 25.5 Å². The Labute approximate surface area is 166 Å². The molecule has 148 valence electrons. The van der Waals surface area contributed by atoms with E-state index in [9.17, 15) is 13.2 Å². The van der Waals surface area contributed by atoms with Gasteiger partial charge >= 0.3 is 0 Å². The lowest BCUT2D eigenvalue weighted by Gasteiger charge is -2.37. The van der Waals surface area contributed by atoms with Crippen LogP contribution < -0.4 is 0 Å². The zero-order valence-electron chi connectivity index (χ0n) is 16.0. The van der Waals surface area contributed by atoms with Gasteiger partial charge in [-0.1, -0.05) is 30.3 Å². The van der Waals surface area contributed by atoms with Crippen LogP contribution in [0.1, 0.15) is 22.5 Å². The molecule has 1 unspecified atom stereocenters. The fourth-order valence-corrected chi connectivity index (χ4v) is 5.84. The Kier molecular flexibility index (Phi) is 5.21. The van der Waals surface area contributed by atoms with Crippen molar-refractivity contribution in [2.24, 2.45) is 0 Å². The van der Waals surface area contributed by atoms with E-state index in [1.165, 1.54) is 0 Å². The van der Waals surface area contributed by atoms with E-state index in [0.717, 1.165) is 30.0 Å². The Morgan fingerprint density at radius 2 is 1.75 bits per heavy atom. The molecule has 0 saturated carbocycles. The number of carbonyl (C=O) groups excluding carboxylic acids is 1. The summed E-state index contributed by atoms with van der Waals surface area (Å²) < 4.78 is 23.4. The highest BCUT2D eigenvalue weighted by Gasteiger charge is 2.34. The molecule has 2 aliphatic heterocycles. The van der Waals surface area contributed by atoms with Gasteiger partial charge in [0.1, 0.15) is 0 Å². The van der Waals surface area contributed by atoms with Crippen molar-refractivity contribution < 1.29 is 13.2 Å². The number of aryl methyl sites for hydroxylation is 1. The molecule has 1 amide bonds. The minimum atomic E-state index is -2.88. The van der Waals surface area contributed by atoms with Gasteiger partial charge in [-0.15, -0.1) is 0 Å². The highest BCUT2D eigenvalue weighted by molar-refractivity contribution is 7.91. The van der Waals surface area contributed by atoms with Crippen molar-refractivity contribution >= 4 is 15.7 Å². The second-order valence-electron chi connectivity index (χ2n) is 7.58. The number of benzene rings is 1. The molecule has 2 aromatic rings. The lowest BCUT2D eigenvalue weighted by Crippen LogP contribution is -2.52. The van der Waals surface area contributed by atoms with Gasteiger partial charge in [-0.3, -0.25) is 14.7 Å². The topological polar surface area (TPSA) is 70.6 Å². The fourth-order valence-electron chi connectivity index (χ4n) is 4.08. The molecule has 0 bridgehead atoms.